The molecule has 0 aromatic heterocycles. The Labute approximate surface area is 209 Å². The molecule has 0 atom stereocenters. The van der Waals surface area contributed by atoms with Gasteiger partial charge in [0.2, 0.25) is 0 Å². The predicted molar refractivity (Wildman–Crippen MR) is 138 cm³/mol. The van der Waals surface area contributed by atoms with Crippen molar-refractivity contribution < 1.29 is 26.5 Å². The van der Waals surface area contributed by atoms with Crippen LogP contribution >= 0.6 is 0 Å². The van der Waals surface area contributed by atoms with Gasteiger partial charge in [0.1, 0.15) is 13.1 Å². The monoisotopic (exact) mass is 475 g/mol. The lowest BCUT2D eigenvalue weighted by molar-refractivity contribution is -0.903. The third-order valence-electron chi connectivity index (χ3n) is 4.96. The van der Waals surface area contributed by atoms with Crippen LogP contribution in [0.1, 0.15) is 37.8 Å². The molecule has 0 unspecified atom stereocenters. The van der Waals surface area contributed by atoms with E-state index in [-0.39, 0.29) is 18.3 Å². The molecule has 0 spiro atoms. The summed E-state index contributed by atoms with van der Waals surface area (Å²) in [4.78, 5) is 3.25. The van der Waals surface area contributed by atoms with E-state index in [2.05, 4.69) is 114 Å². The highest BCUT2D eigenvalue weighted by Crippen LogP contribution is 2.10. The van der Waals surface area contributed by atoms with E-state index in [1.165, 1.54) is 50.2 Å². The number of benzene rings is 2. The quantitative estimate of drug-likeness (QED) is 0.310. The highest BCUT2D eigenvalue weighted by molar-refractivity contribution is 5.82. The van der Waals surface area contributed by atoms with Crippen molar-refractivity contribution in [1.29, 1.82) is 0 Å². The van der Waals surface area contributed by atoms with E-state index in [1.807, 2.05) is 0 Å². The number of halogens is 1. The van der Waals surface area contributed by atoms with E-state index < -0.39 is 0 Å². The average molecular weight is 476 g/mol. The minimum Gasteiger partial charge on any atom is -1.00 e. The predicted octanol–water partition coefficient (Wildman–Crippen LogP) is 1.91. The summed E-state index contributed by atoms with van der Waals surface area (Å²) in [5.41, 5.74) is 2.86. The molecule has 0 saturated heterocycles. The molecule has 0 N–H and O–H groups in total. The Kier molecular flexibility index (Phi) is 18.3. The number of rotatable bonds is 9. The van der Waals surface area contributed by atoms with Gasteiger partial charge in [0.05, 0.1) is 41.3 Å². The van der Waals surface area contributed by atoms with Crippen molar-refractivity contribution in [2.24, 2.45) is 4.99 Å². The number of nitrogens with zero attached hydrogens (tertiary/aromatic N) is 3. The first kappa shape index (κ1) is 33.0. The van der Waals surface area contributed by atoms with Gasteiger partial charge in [-0.1, -0.05) is 87.2 Å². The van der Waals surface area contributed by atoms with E-state index in [9.17, 15) is 5.11 Å². The molecule has 33 heavy (non-hydrogen) atoms. The van der Waals surface area contributed by atoms with Crippen LogP contribution in [0.5, 0.6) is 0 Å². The summed E-state index contributed by atoms with van der Waals surface area (Å²) in [6, 6.07) is 21.4. The molecule has 2 rings (SSSR count). The van der Waals surface area contributed by atoms with Crippen molar-refractivity contribution in [2.45, 2.75) is 39.8 Å². The van der Waals surface area contributed by atoms with Crippen LogP contribution in [0.25, 0.3) is 0 Å². The first-order valence-electron chi connectivity index (χ1n) is 11.6. The second-order valence-electron chi connectivity index (χ2n) is 9.37. The van der Waals surface area contributed by atoms with Gasteiger partial charge in [-0.2, -0.15) is 0 Å². The zero-order valence-corrected chi connectivity index (χ0v) is 22.7. The Bertz CT molecular complexity index is 704. The second kappa shape index (κ2) is 18.3. The SMILES string of the molecule is C=CC([O-])=NC.CCC[N+](C)(C)Cc1ccccc1.CCC[N+](C)(C)Cc1ccccc1.[Cl-]. The molecule has 0 aliphatic carbocycles. The molecule has 2 aromatic rings. The Hall–Kier alpha value is -2.14. The molecule has 0 amide bonds. The summed E-state index contributed by atoms with van der Waals surface area (Å²) in [5, 5.41) is 9.90. The van der Waals surface area contributed by atoms with Gasteiger partial charge in [-0.3, -0.25) is 0 Å². The third kappa shape index (κ3) is 18.0. The number of hydrogen-bond donors (Lipinski definition) is 0. The van der Waals surface area contributed by atoms with Crippen LogP contribution in [0.3, 0.4) is 0 Å². The molecule has 0 radical (unpaired) electrons. The van der Waals surface area contributed by atoms with Crippen LogP contribution in [0.15, 0.2) is 78.3 Å². The van der Waals surface area contributed by atoms with E-state index in [0.717, 1.165) is 22.1 Å². The molecular weight excluding hydrogens is 430 g/mol. The number of hydrogen-bond acceptors (Lipinski definition) is 2. The fourth-order valence-corrected chi connectivity index (χ4v) is 3.62. The molecule has 5 heteroatoms. The van der Waals surface area contributed by atoms with Gasteiger partial charge in [-0.15, -0.1) is 0 Å². The minimum absolute atomic E-state index is 0. The molecule has 0 aliphatic heterocycles. The van der Waals surface area contributed by atoms with Gasteiger partial charge >= 0.3 is 0 Å². The summed E-state index contributed by atoms with van der Waals surface area (Å²) < 4.78 is 2.17. The first-order chi connectivity index (χ1) is 15.1. The van der Waals surface area contributed by atoms with Crippen LogP contribution < -0.4 is 17.5 Å². The zero-order chi connectivity index (χ0) is 24.5. The van der Waals surface area contributed by atoms with Gasteiger partial charge in [0.25, 0.3) is 0 Å². The van der Waals surface area contributed by atoms with Crippen molar-refractivity contribution in [1.82, 2.24) is 0 Å². The van der Waals surface area contributed by atoms with Crippen LogP contribution in [-0.2, 0) is 13.1 Å². The lowest BCUT2D eigenvalue weighted by Crippen LogP contribution is -3.00. The van der Waals surface area contributed by atoms with Gasteiger partial charge in [0.15, 0.2) is 0 Å². The second-order valence-corrected chi connectivity index (χ2v) is 9.37. The van der Waals surface area contributed by atoms with Crippen LogP contribution in [0.4, 0.5) is 0 Å². The molecule has 4 nitrogen and oxygen atoms in total. The topological polar surface area (TPSA) is 35.4 Å². The number of aliphatic imine (C=N–C) groups is 1. The highest BCUT2D eigenvalue weighted by Gasteiger charge is 2.14. The van der Waals surface area contributed by atoms with Crippen molar-refractivity contribution in [3.63, 3.8) is 0 Å². The van der Waals surface area contributed by atoms with Crippen molar-refractivity contribution in [3.8, 4) is 0 Å². The Morgan fingerprint density at radius 3 is 1.33 bits per heavy atom. The fourth-order valence-electron chi connectivity index (χ4n) is 3.62. The molecule has 0 fully saturated rings. The summed E-state index contributed by atoms with van der Waals surface area (Å²) in [7, 11) is 10.6. The van der Waals surface area contributed by atoms with E-state index >= 15 is 0 Å². The highest BCUT2D eigenvalue weighted by atomic mass is 35.5. The smallest absolute Gasteiger partial charge is 0.104 e. The molecule has 0 saturated carbocycles. The van der Waals surface area contributed by atoms with Crippen LogP contribution in [0, 0.1) is 0 Å². The maximum absolute atomic E-state index is 9.90. The van der Waals surface area contributed by atoms with Crippen molar-refractivity contribution in [2.75, 3.05) is 48.3 Å². The van der Waals surface area contributed by atoms with E-state index in [4.69, 9.17) is 0 Å². The summed E-state index contributed by atoms with van der Waals surface area (Å²) in [6.07, 6.45) is 3.67. The zero-order valence-electron chi connectivity index (χ0n) is 21.9. The summed E-state index contributed by atoms with van der Waals surface area (Å²) in [6.45, 7) is 12.4. The molecule has 0 heterocycles. The summed E-state index contributed by atoms with van der Waals surface area (Å²) >= 11 is 0. The first-order valence-corrected chi connectivity index (χ1v) is 11.6. The van der Waals surface area contributed by atoms with Crippen LogP contribution in [-0.4, -0.2) is 63.2 Å². The Morgan fingerprint density at radius 2 is 1.12 bits per heavy atom. The summed E-state index contributed by atoms with van der Waals surface area (Å²) in [5.74, 6) is -0.269. The Balaban J connectivity index is 0. The maximum Gasteiger partial charge on any atom is 0.104 e. The lowest BCUT2D eigenvalue weighted by atomic mass is 10.2. The van der Waals surface area contributed by atoms with E-state index in [0.29, 0.717) is 0 Å². The lowest BCUT2D eigenvalue weighted by Gasteiger charge is -2.29. The largest absolute Gasteiger partial charge is 1.00 e. The van der Waals surface area contributed by atoms with Gasteiger partial charge in [-0.25, -0.2) is 0 Å². The van der Waals surface area contributed by atoms with Crippen molar-refractivity contribution in [3.05, 3.63) is 84.4 Å². The maximum atomic E-state index is 9.90. The molecule has 2 aromatic carbocycles. The fraction of sp³-hybridized carbons (Fsp3) is 0.464. The van der Waals surface area contributed by atoms with Gasteiger partial charge in [-0.05, 0) is 18.7 Å². The van der Waals surface area contributed by atoms with E-state index in [1.54, 1.807) is 0 Å². The van der Waals surface area contributed by atoms with Crippen molar-refractivity contribution >= 4 is 5.90 Å². The van der Waals surface area contributed by atoms with Gasteiger partial charge in [0, 0.05) is 18.2 Å². The normalized spacial score (nSPS) is 11.2. The van der Waals surface area contributed by atoms with Crippen LogP contribution in [0.2, 0.25) is 0 Å². The number of quaternary nitrogens is 2. The Morgan fingerprint density at radius 1 is 0.788 bits per heavy atom. The third-order valence-corrected chi connectivity index (χ3v) is 4.96. The molecule has 0 bridgehead atoms. The standard InChI is InChI=1S/2C12H20N.C4H7NO.ClH/c2*1-4-10-13(2,3)11-12-8-6-5-7-9-12;1-3-4(6)5-2;/h2*5-9H,4,10-11H2,1-3H3;3H,1H2,2H3,(H,5,6);1H/q2*+1;;/p-2. The molecule has 0 aliphatic rings. The molecule has 186 valence electrons. The minimum atomic E-state index is -0.269. The molecular formula is C28H46ClN3O. The van der Waals surface area contributed by atoms with Gasteiger partial charge < -0.3 is 31.5 Å². The average Bonchev–Trinajstić information content (AvgIpc) is 2.74.